The van der Waals surface area contributed by atoms with Gasteiger partial charge in [-0.2, -0.15) is 9.97 Å². The van der Waals surface area contributed by atoms with Crippen LogP contribution in [0.5, 0.6) is 5.19 Å². The molecule has 0 aliphatic carbocycles. The molecule has 4 aromatic rings. The molecule has 1 fully saturated rings. The van der Waals surface area contributed by atoms with E-state index in [0.717, 1.165) is 54.2 Å². The SMILES string of the molecule is CC(C)c1noc(N2CCC(Oc3nc(-n4ccc5cc(N)ccc54)cs3)CC2)n1. The highest BCUT2D eigenvalue weighted by atomic mass is 32.1. The number of nitrogen functional groups attached to an aromatic ring is 1. The van der Waals surface area contributed by atoms with Crippen LogP contribution in [0, 0.1) is 0 Å². The average molecular weight is 425 g/mol. The van der Waals surface area contributed by atoms with Crippen LogP contribution in [0.4, 0.5) is 11.7 Å². The summed E-state index contributed by atoms with van der Waals surface area (Å²) in [6.45, 7) is 5.77. The van der Waals surface area contributed by atoms with Gasteiger partial charge in [0.1, 0.15) is 6.10 Å². The lowest BCUT2D eigenvalue weighted by atomic mass is 10.1. The van der Waals surface area contributed by atoms with E-state index >= 15 is 0 Å². The molecule has 9 heteroatoms. The smallest absolute Gasteiger partial charge is 0.324 e. The number of benzene rings is 1. The Morgan fingerprint density at radius 2 is 2.03 bits per heavy atom. The number of fused-ring (bicyclic) bond motifs is 1. The van der Waals surface area contributed by atoms with Crippen LogP contribution < -0.4 is 15.4 Å². The first-order valence-corrected chi connectivity index (χ1v) is 11.0. The van der Waals surface area contributed by atoms with E-state index in [0.29, 0.717) is 11.2 Å². The molecule has 5 rings (SSSR count). The number of hydrogen-bond acceptors (Lipinski definition) is 8. The molecule has 0 bridgehead atoms. The molecule has 1 aromatic carbocycles. The Bertz CT molecular complexity index is 1160. The minimum Gasteiger partial charge on any atom is -0.467 e. The van der Waals surface area contributed by atoms with Crippen molar-refractivity contribution in [2.24, 2.45) is 0 Å². The van der Waals surface area contributed by atoms with Crippen LogP contribution >= 0.6 is 11.3 Å². The summed E-state index contributed by atoms with van der Waals surface area (Å²) in [5.74, 6) is 1.87. The first-order chi connectivity index (χ1) is 14.6. The predicted octanol–water partition coefficient (Wildman–Crippen LogP) is 4.22. The van der Waals surface area contributed by atoms with Crippen molar-refractivity contribution in [3.8, 4) is 11.0 Å². The lowest BCUT2D eigenvalue weighted by molar-refractivity contribution is 0.168. The molecule has 8 nitrogen and oxygen atoms in total. The Balaban J connectivity index is 1.23. The summed E-state index contributed by atoms with van der Waals surface area (Å²) in [6.07, 6.45) is 3.92. The molecule has 3 aromatic heterocycles. The first kappa shape index (κ1) is 18.9. The van der Waals surface area contributed by atoms with Crippen molar-refractivity contribution in [3.05, 3.63) is 41.7 Å². The molecule has 30 heavy (non-hydrogen) atoms. The second-order valence-corrected chi connectivity index (χ2v) is 8.69. The number of hydrogen-bond donors (Lipinski definition) is 1. The zero-order valence-electron chi connectivity index (χ0n) is 17.0. The molecule has 4 heterocycles. The number of rotatable bonds is 5. The van der Waals surface area contributed by atoms with Crippen LogP contribution in [0.1, 0.15) is 38.4 Å². The molecule has 156 valence electrons. The summed E-state index contributed by atoms with van der Waals surface area (Å²) >= 11 is 1.52. The van der Waals surface area contributed by atoms with E-state index in [1.165, 1.54) is 11.3 Å². The molecule has 0 unspecified atom stereocenters. The largest absolute Gasteiger partial charge is 0.467 e. The van der Waals surface area contributed by atoms with Gasteiger partial charge in [0, 0.05) is 54.5 Å². The second kappa shape index (κ2) is 7.64. The van der Waals surface area contributed by atoms with E-state index in [1.54, 1.807) is 0 Å². The third-order valence-corrected chi connectivity index (χ3v) is 6.08. The van der Waals surface area contributed by atoms with Crippen LogP contribution in [0.3, 0.4) is 0 Å². The van der Waals surface area contributed by atoms with Gasteiger partial charge >= 0.3 is 6.01 Å². The van der Waals surface area contributed by atoms with Gasteiger partial charge in [0.2, 0.25) is 0 Å². The van der Waals surface area contributed by atoms with Crippen molar-refractivity contribution in [2.75, 3.05) is 23.7 Å². The van der Waals surface area contributed by atoms with Crippen molar-refractivity contribution < 1.29 is 9.26 Å². The van der Waals surface area contributed by atoms with Gasteiger partial charge in [-0.1, -0.05) is 30.3 Å². The third kappa shape index (κ3) is 3.60. The lowest BCUT2D eigenvalue weighted by Gasteiger charge is -2.29. The molecule has 1 aliphatic rings. The fourth-order valence-electron chi connectivity index (χ4n) is 3.67. The summed E-state index contributed by atoms with van der Waals surface area (Å²) in [7, 11) is 0. The van der Waals surface area contributed by atoms with E-state index in [1.807, 2.05) is 35.8 Å². The molecule has 0 atom stereocenters. The average Bonchev–Trinajstić information content (AvgIpc) is 3.47. The van der Waals surface area contributed by atoms with Gasteiger partial charge < -0.3 is 24.5 Å². The fourth-order valence-corrected chi connectivity index (χ4v) is 4.38. The standard InChI is InChI=1S/C21H24N6O2S/c1-13(2)19-24-20(29-25-19)26-8-6-16(7-9-26)28-21-23-18(12-30-21)27-10-5-14-11-15(22)3-4-17(14)27/h3-5,10-13,16H,6-9,22H2,1-2H3. The van der Waals surface area contributed by atoms with Crippen LogP contribution in [0.2, 0.25) is 0 Å². The van der Waals surface area contributed by atoms with Crippen molar-refractivity contribution >= 4 is 33.9 Å². The number of anilines is 2. The normalized spacial score (nSPS) is 15.4. The number of nitrogens with two attached hydrogens (primary N) is 1. The van der Waals surface area contributed by atoms with Gasteiger partial charge in [-0.05, 0) is 24.3 Å². The molecule has 0 spiro atoms. The number of nitrogens with zero attached hydrogens (tertiary/aromatic N) is 5. The van der Waals surface area contributed by atoms with Crippen molar-refractivity contribution in [2.45, 2.75) is 38.7 Å². The first-order valence-electron chi connectivity index (χ1n) is 10.1. The monoisotopic (exact) mass is 424 g/mol. The van der Waals surface area contributed by atoms with Gasteiger partial charge in [-0.25, -0.2) is 0 Å². The van der Waals surface area contributed by atoms with E-state index in [9.17, 15) is 0 Å². The van der Waals surface area contributed by atoms with Gasteiger partial charge in [0.25, 0.3) is 5.19 Å². The third-order valence-electron chi connectivity index (χ3n) is 5.36. The molecule has 1 aliphatic heterocycles. The van der Waals surface area contributed by atoms with Gasteiger partial charge in [-0.15, -0.1) is 0 Å². The Hall–Kier alpha value is -3.07. The van der Waals surface area contributed by atoms with E-state index in [2.05, 4.69) is 33.5 Å². The van der Waals surface area contributed by atoms with Crippen molar-refractivity contribution in [3.63, 3.8) is 0 Å². The van der Waals surface area contributed by atoms with E-state index in [4.69, 9.17) is 20.0 Å². The summed E-state index contributed by atoms with van der Waals surface area (Å²) in [4.78, 5) is 11.3. The number of thiazole rings is 1. The zero-order valence-corrected chi connectivity index (χ0v) is 17.8. The van der Waals surface area contributed by atoms with E-state index < -0.39 is 0 Å². The van der Waals surface area contributed by atoms with Crippen LogP contribution in [-0.4, -0.2) is 38.9 Å². The fraction of sp³-hybridized carbons (Fsp3) is 0.381. The minimum atomic E-state index is 0.133. The number of ether oxygens (including phenoxy) is 1. The Morgan fingerprint density at radius 3 is 2.80 bits per heavy atom. The minimum absolute atomic E-state index is 0.133. The lowest BCUT2D eigenvalue weighted by Crippen LogP contribution is -2.38. The van der Waals surface area contributed by atoms with Crippen LogP contribution in [-0.2, 0) is 0 Å². The molecule has 0 radical (unpaired) electrons. The van der Waals surface area contributed by atoms with Gasteiger partial charge in [0.15, 0.2) is 11.6 Å². The topological polar surface area (TPSA) is 95.2 Å². The maximum Gasteiger partial charge on any atom is 0.324 e. The maximum atomic E-state index is 6.17. The summed E-state index contributed by atoms with van der Waals surface area (Å²) in [5.41, 5.74) is 7.72. The highest BCUT2D eigenvalue weighted by molar-refractivity contribution is 7.11. The molecule has 0 saturated carbocycles. The molecular formula is C21H24N6O2S. The summed E-state index contributed by atoms with van der Waals surface area (Å²) in [6, 6.07) is 8.54. The second-order valence-electron chi connectivity index (χ2n) is 7.87. The molecular weight excluding hydrogens is 400 g/mol. The van der Waals surface area contributed by atoms with Gasteiger partial charge in [0.05, 0.1) is 5.52 Å². The Kier molecular flexibility index (Phi) is 4.82. The van der Waals surface area contributed by atoms with E-state index in [-0.39, 0.29) is 12.0 Å². The number of piperidine rings is 1. The highest BCUT2D eigenvalue weighted by Gasteiger charge is 2.25. The molecule has 1 saturated heterocycles. The van der Waals surface area contributed by atoms with Crippen molar-refractivity contribution in [1.82, 2.24) is 19.7 Å². The zero-order chi connectivity index (χ0) is 20.7. The highest BCUT2D eigenvalue weighted by Crippen LogP contribution is 2.29. The predicted molar refractivity (Wildman–Crippen MR) is 118 cm³/mol. The summed E-state index contributed by atoms with van der Waals surface area (Å²) in [5, 5.41) is 7.87. The van der Waals surface area contributed by atoms with Crippen molar-refractivity contribution in [1.29, 1.82) is 0 Å². The number of aromatic nitrogens is 4. The van der Waals surface area contributed by atoms with Crippen LogP contribution in [0.15, 0.2) is 40.4 Å². The maximum absolute atomic E-state index is 6.17. The molecule has 0 amide bonds. The molecule has 2 N–H and O–H groups in total. The Morgan fingerprint density at radius 1 is 1.20 bits per heavy atom. The van der Waals surface area contributed by atoms with Crippen LogP contribution in [0.25, 0.3) is 16.7 Å². The Labute approximate surface area is 178 Å². The van der Waals surface area contributed by atoms with Gasteiger partial charge in [-0.3, -0.25) is 0 Å². The quantitative estimate of drug-likeness (QED) is 0.479. The summed E-state index contributed by atoms with van der Waals surface area (Å²) < 4.78 is 13.6.